The zero-order valence-corrected chi connectivity index (χ0v) is 14.4. The maximum absolute atomic E-state index is 13.6. The van der Waals surface area contributed by atoms with Crippen LogP contribution in [-0.2, 0) is 0 Å². The van der Waals surface area contributed by atoms with Crippen molar-refractivity contribution in [3.8, 4) is 0 Å². The smallest absolute Gasteiger partial charge is 0.258 e. The molecule has 0 unspecified atom stereocenters. The maximum atomic E-state index is 13.6. The number of amides is 1. The van der Waals surface area contributed by atoms with Crippen molar-refractivity contribution in [3.05, 3.63) is 76.0 Å². The van der Waals surface area contributed by atoms with E-state index in [4.69, 9.17) is 23.2 Å². The number of nitrogens with one attached hydrogen (secondary N) is 2. The number of rotatable bonds is 4. The van der Waals surface area contributed by atoms with Crippen LogP contribution in [0.25, 0.3) is 0 Å². The summed E-state index contributed by atoms with van der Waals surface area (Å²) in [6, 6.07) is 7.68. The van der Waals surface area contributed by atoms with Crippen LogP contribution in [0.15, 0.2) is 48.8 Å². The first-order valence-electron chi connectivity index (χ1n) is 7.22. The first kappa shape index (κ1) is 18.0. The van der Waals surface area contributed by atoms with Gasteiger partial charge in [-0.2, -0.15) is 0 Å². The van der Waals surface area contributed by atoms with Gasteiger partial charge in [-0.1, -0.05) is 23.2 Å². The van der Waals surface area contributed by atoms with Crippen LogP contribution < -0.4 is 10.6 Å². The third-order valence-corrected chi connectivity index (χ3v) is 3.65. The molecule has 1 amide bonds. The summed E-state index contributed by atoms with van der Waals surface area (Å²) in [5, 5.41) is 5.97. The summed E-state index contributed by atoms with van der Waals surface area (Å²) in [7, 11) is 0. The topological polar surface area (TPSA) is 66.9 Å². The summed E-state index contributed by atoms with van der Waals surface area (Å²) in [6.45, 7) is 0. The van der Waals surface area contributed by atoms with Gasteiger partial charge in [-0.05, 0) is 30.3 Å². The standard InChI is InChI=1S/C17H10Cl2F2N4O/c18-10-3-11(19)5-13(4-10)24-16(26)9-7-22-17(23-8-9)25-15-2-1-12(20)6-14(15)21/h1-8H,(H,24,26)(H,22,23,25). The second kappa shape index (κ2) is 7.63. The van der Waals surface area contributed by atoms with Crippen LogP contribution in [-0.4, -0.2) is 15.9 Å². The van der Waals surface area contributed by atoms with Gasteiger partial charge in [-0.25, -0.2) is 18.7 Å². The number of carbonyl (C=O) groups excluding carboxylic acids is 1. The fourth-order valence-corrected chi connectivity index (χ4v) is 2.58. The molecular weight excluding hydrogens is 385 g/mol. The predicted molar refractivity (Wildman–Crippen MR) is 96.1 cm³/mol. The van der Waals surface area contributed by atoms with Gasteiger partial charge >= 0.3 is 0 Å². The molecule has 132 valence electrons. The van der Waals surface area contributed by atoms with Crippen LogP contribution in [0.4, 0.5) is 26.1 Å². The van der Waals surface area contributed by atoms with E-state index in [1.165, 1.54) is 24.5 Å². The minimum absolute atomic E-state index is 0.0113. The fourth-order valence-electron chi connectivity index (χ4n) is 2.05. The Balaban J connectivity index is 1.71. The first-order valence-corrected chi connectivity index (χ1v) is 7.98. The third kappa shape index (κ3) is 4.44. The Morgan fingerprint density at radius 2 is 1.62 bits per heavy atom. The zero-order chi connectivity index (χ0) is 18.7. The molecule has 0 aliphatic carbocycles. The SMILES string of the molecule is O=C(Nc1cc(Cl)cc(Cl)c1)c1cnc(Nc2ccc(F)cc2F)nc1. The highest BCUT2D eigenvalue weighted by Crippen LogP contribution is 2.23. The molecule has 26 heavy (non-hydrogen) atoms. The number of benzene rings is 2. The lowest BCUT2D eigenvalue weighted by Gasteiger charge is -2.08. The summed E-state index contributed by atoms with van der Waals surface area (Å²) in [5.74, 6) is -1.89. The second-order valence-electron chi connectivity index (χ2n) is 5.16. The molecule has 5 nitrogen and oxygen atoms in total. The number of halogens is 4. The van der Waals surface area contributed by atoms with Gasteiger partial charge in [0, 0.05) is 34.2 Å². The highest BCUT2D eigenvalue weighted by molar-refractivity contribution is 6.35. The summed E-state index contributed by atoms with van der Waals surface area (Å²) < 4.78 is 26.5. The van der Waals surface area contributed by atoms with Gasteiger partial charge in [0.15, 0.2) is 0 Å². The lowest BCUT2D eigenvalue weighted by atomic mass is 10.2. The van der Waals surface area contributed by atoms with Crippen LogP contribution >= 0.6 is 23.2 Å². The van der Waals surface area contributed by atoms with Gasteiger partial charge in [-0.15, -0.1) is 0 Å². The lowest BCUT2D eigenvalue weighted by Crippen LogP contribution is -2.13. The molecule has 0 spiro atoms. The summed E-state index contributed by atoms with van der Waals surface area (Å²) in [6.07, 6.45) is 2.52. The number of hydrogen-bond donors (Lipinski definition) is 2. The van der Waals surface area contributed by atoms with Gasteiger partial charge < -0.3 is 10.6 Å². The van der Waals surface area contributed by atoms with Crippen molar-refractivity contribution in [2.24, 2.45) is 0 Å². The van der Waals surface area contributed by atoms with Gasteiger partial charge in [-0.3, -0.25) is 4.79 Å². The molecule has 1 aromatic heterocycles. The number of carbonyl (C=O) groups is 1. The van der Waals surface area contributed by atoms with Crippen molar-refractivity contribution in [1.29, 1.82) is 0 Å². The molecule has 0 radical (unpaired) electrons. The second-order valence-corrected chi connectivity index (χ2v) is 6.03. The maximum Gasteiger partial charge on any atom is 0.258 e. The predicted octanol–water partition coefficient (Wildman–Crippen LogP) is 5.06. The van der Waals surface area contributed by atoms with Crippen LogP contribution in [0.1, 0.15) is 10.4 Å². The van der Waals surface area contributed by atoms with Crippen LogP contribution in [0, 0.1) is 11.6 Å². The van der Waals surface area contributed by atoms with Crippen LogP contribution in [0.5, 0.6) is 0 Å². The van der Waals surface area contributed by atoms with Gasteiger partial charge in [0.05, 0.1) is 11.3 Å². The molecule has 0 aliphatic rings. The Kier molecular flexibility index (Phi) is 5.29. The largest absolute Gasteiger partial charge is 0.322 e. The van der Waals surface area contributed by atoms with Gasteiger partial charge in [0.25, 0.3) is 5.91 Å². The Bertz CT molecular complexity index is 947. The third-order valence-electron chi connectivity index (χ3n) is 3.21. The molecule has 0 saturated carbocycles. The van der Waals surface area contributed by atoms with E-state index in [1.807, 2.05) is 0 Å². The Hall–Kier alpha value is -2.77. The van der Waals surface area contributed by atoms with E-state index in [1.54, 1.807) is 12.1 Å². The number of hydrogen-bond acceptors (Lipinski definition) is 4. The molecule has 2 N–H and O–H groups in total. The van der Waals surface area contributed by atoms with E-state index < -0.39 is 17.5 Å². The highest BCUT2D eigenvalue weighted by atomic mass is 35.5. The Morgan fingerprint density at radius 3 is 2.23 bits per heavy atom. The molecular formula is C17H10Cl2F2N4O. The normalized spacial score (nSPS) is 10.5. The Morgan fingerprint density at radius 1 is 0.962 bits per heavy atom. The number of nitrogens with zero attached hydrogens (tertiary/aromatic N) is 2. The van der Waals surface area contributed by atoms with Crippen LogP contribution in [0.2, 0.25) is 10.0 Å². The average molecular weight is 395 g/mol. The van der Waals surface area contributed by atoms with Gasteiger partial charge in [0.2, 0.25) is 5.95 Å². The molecule has 1 heterocycles. The average Bonchev–Trinajstić information content (AvgIpc) is 2.57. The Labute approximate surface area is 157 Å². The molecule has 0 atom stereocenters. The molecule has 0 aliphatic heterocycles. The minimum Gasteiger partial charge on any atom is -0.322 e. The monoisotopic (exact) mass is 394 g/mol. The van der Waals surface area contributed by atoms with Crippen molar-refractivity contribution in [1.82, 2.24) is 9.97 Å². The zero-order valence-electron chi connectivity index (χ0n) is 12.9. The number of anilines is 3. The van der Waals surface area contributed by atoms with Crippen LogP contribution in [0.3, 0.4) is 0 Å². The van der Waals surface area contributed by atoms with E-state index in [0.717, 1.165) is 12.1 Å². The van der Waals surface area contributed by atoms with Gasteiger partial charge in [0.1, 0.15) is 11.6 Å². The van der Waals surface area contributed by atoms with Crippen molar-refractivity contribution in [3.63, 3.8) is 0 Å². The molecule has 3 rings (SSSR count). The van der Waals surface area contributed by atoms with E-state index in [2.05, 4.69) is 20.6 Å². The molecule has 3 aromatic rings. The van der Waals surface area contributed by atoms with E-state index in [9.17, 15) is 13.6 Å². The quantitative estimate of drug-likeness (QED) is 0.648. The first-order chi connectivity index (χ1) is 12.4. The summed E-state index contributed by atoms with van der Waals surface area (Å²) >= 11 is 11.8. The molecule has 2 aromatic carbocycles. The van der Waals surface area contributed by atoms with Crippen molar-refractivity contribution >= 4 is 46.4 Å². The van der Waals surface area contributed by atoms with Crippen molar-refractivity contribution in [2.45, 2.75) is 0 Å². The van der Waals surface area contributed by atoms with E-state index >= 15 is 0 Å². The van der Waals surface area contributed by atoms with E-state index in [-0.39, 0.29) is 17.2 Å². The highest BCUT2D eigenvalue weighted by Gasteiger charge is 2.10. The van der Waals surface area contributed by atoms with E-state index in [0.29, 0.717) is 15.7 Å². The summed E-state index contributed by atoms with van der Waals surface area (Å²) in [5.41, 5.74) is 0.603. The molecule has 0 fully saturated rings. The number of aromatic nitrogens is 2. The summed E-state index contributed by atoms with van der Waals surface area (Å²) in [4.78, 5) is 20.1. The lowest BCUT2D eigenvalue weighted by molar-refractivity contribution is 0.102. The molecule has 9 heteroatoms. The van der Waals surface area contributed by atoms with Crippen molar-refractivity contribution < 1.29 is 13.6 Å². The molecule has 0 bridgehead atoms. The fraction of sp³-hybridized carbons (Fsp3) is 0. The van der Waals surface area contributed by atoms with Crippen molar-refractivity contribution in [2.75, 3.05) is 10.6 Å². The minimum atomic E-state index is -0.784. The molecule has 0 saturated heterocycles.